The van der Waals surface area contributed by atoms with Crippen LogP contribution in [0, 0.1) is 5.92 Å². The van der Waals surface area contributed by atoms with E-state index in [1.807, 2.05) is 42.5 Å². The van der Waals surface area contributed by atoms with Gasteiger partial charge in [-0.1, -0.05) is 48.5 Å². The molecule has 0 bridgehead atoms. The summed E-state index contributed by atoms with van der Waals surface area (Å²) in [6.45, 7) is 0. The van der Waals surface area contributed by atoms with Crippen molar-refractivity contribution in [2.24, 2.45) is 5.92 Å². The molecule has 25 heavy (non-hydrogen) atoms. The molecule has 3 rings (SSSR count). The van der Waals surface area contributed by atoms with Gasteiger partial charge in [0.1, 0.15) is 0 Å². The number of aliphatic carboxylic acids is 1. The highest BCUT2D eigenvalue weighted by Crippen LogP contribution is 2.26. The Hall–Kier alpha value is -2.62. The van der Waals surface area contributed by atoms with Gasteiger partial charge in [0, 0.05) is 11.6 Å². The van der Waals surface area contributed by atoms with Gasteiger partial charge < -0.3 is 10.4 Å². The van der Waals surface area contributed by atoms with E-state index in [4.69, 9.17) is 5.11 Å². The monoisotopic (exact) mass is 337 g/mol. The fraction of sp³-hybridized carbons (Fsp3) is 0.333. The molecule has 1 saturated carbocycles. The summed E-state index contributed by atoms with van der Waals surface area (Å²) in [6, 6.07) is 17.8. The van der Waals surface area contributed by atoms with E-state index in [1.165, 1.54) is 5.56 Å². The van der Waals surface area contributed by atoms with E-state index in [2.05, 4.69) is 17.4 Å². The summed E-state index contributed by atoms with van der Waals surface area (Å²) in [5.74, 6) is -1.20. The lowest BCUT2D eigenvalue weighted by molar-refractivity contribution is -0.141. The zero-order chi connectivity index (χ0) is 17.6. The number of hydrogen-bond acceptors (Lipinski definition) is 2. The number of amides is 1. The molecule has 2 aromatic carbocycles. The van der Waals surface area contributed by atoms with Gasteiger partial charge in [-0.05, 0) is 49.3 Å². The van der Waals surface area contributed by atoms with Gasteiger partial charge in [0.05, 0.1) is 5.92 Å². The van der Waals surface area contributed by atoms with E-state index in [-0.39, 0.29) is 17.9 Å². The Kier molecular flexibility index (Phi) is 5.49. The number of carboxylic acid groups (broad SMARTS) is 1. The van der Waals surface area contributed by atoms with Crippen LogP contribution < -0.4 is 5.32 Å². The van der Waals surface area contributed by atoms with E-state index in [0.717, 1.165) is 24.8 Å². The van der Waals surface area contributed by atoms with Crippen molar-refractivity contribution in [3.8, 4) is 0 Å². The lowest BCUT2D eigenvalue weighted by Crippen LogP contribution is -2.34. The molecular formula is C21H23NO3. The molecule has 1 fully saturated rings. The van der Waals surface area contributed by atoms with Crippen molar-refractivity contribution < 1.29 is 14.7 Å². The summed E-state index contributed by atoms with van der Waals surface area (Å²) >= 11 is 0. The van der Waals surface area contributed by atoms with Crippen LogP contribution in [0.4, 0.5) is 0 Å². The molecule has 1 aliphatic carbocycles. The van der Waals surface area contributed by atoms with Crippen molar-refractivity contribution in [3.05, 3.63) is 71.3 Å². The van der Waals surface area contributed by atoms with Gasteiger partial charge in [0.2, 0.25) is 0 Å². The minimum absolute atomic E-state index is 0.0456. The molecule has 1 aliphatic rings. The molecule has 1 amide bonds. The van der Waals surface area contributed by atoms with Crippen LogP contribution in [0.15, 0.2) is 54.6 Å². The van der Waals surface area contributed by atoms with Crippen molar-refractivity contribution in [3.63, 3.8) is 0 Å². The summed E-state index contributed by atoms with van der Waals surface area (Å²) in [7, 11) is 0. The number of nitrogens with one attached hydrogen (secondary N) is 1. The van der Waals surface area contributed by atoms with E-state index < -0.39 is 5.97 Å². The highest BCUT2D eigenvalue weighted by Gasteiger charge is 2.30. The number of carboxylic acids is 1. The Balaban J connectivity index is 1.64. The molecule has 4 heteroatoms. The standard InChI is InChI=1S/C21H23NO3/c23-20(22-18-13-12-17(14-18)21(24)25)19-9-5-4-8-16(19)11-10-15-6-2-1-3-7-15/h1-9,17-18H,10-14H2,(H,22,23)(H,24,25)/t17-,18+/m0/s1. The second-order valence-electron chi connectivity index (χ2n) is 6.66. The Morgan fingerprint density at radius 1 is 0.960 bits per heavy atom. The first-order chi connectivity index (χ1) is 12.1. The average Bonchev–Trinajstić information content (AvgIpc) is 3.10. The quantitative estimate of drug-likeness (QED) is 0.848. The smallest absolute Gasteiger partial charge is 0.306 e. The fourth-order valence-electron chi connectivity index (χ4n) is 3.48. The van der Waals surface area contributed by atoms with Crippen molar-refractivity contribution >= 4 is 11.9 Å². The van der Waals surface area contributed by atoms with Crippen LogP contribution in [-0.2, 0) is 17.6 Å². The maximum atomic E-state index is 12.7. The predicted octanol–water partition coefficient (Wildman–Crippen LogP) is 3.45. The molecule has 0 heterocycles. The summed E-state index contributed by atoms with van der Waals surface area (Å²) in [5.41, 5.74) is 2.96. The van der Waals surface area contributed by atoms with Crippen molar-refractivity contribution in [1.82, 2.24) is 5.32 Å². The molecular weight excluding hydrogens is 314 g/mol. The minimum atomic E-state index is -0.764. The third-order valence-electron chi connectivity index (χ3n) is 4.90. The zero-order valence-electron chi connectivity index (χ0n) is 14.2. The van der Waals surface area contributed by atoms with Gasteiger partial charge in [-0.25, -0.2) is 0 Å². The zero-order valence-corrected chi connectivity index (χ0v) is 14.2. The SMILES string of the molecule is O=C(N[C@@H]1CC[C@H](C(=O)O)C1)c1ccccc1CCc1ccccc1. The molecule has 0 unspecified atom stereocenters. The van der Waals surface area contributed by atoms with Crippen LogP contribution in [0.5, 0.6) is 0 Å². The second-order valence-corrected chi connectivity index (χ2v) is 6.66. The molecule has 0 aromatic heterocycles. The van der Waals surface area contributed by atoms with E-state index >= 15 is 0 Å². The first-order valence-electron chi connectivity index (χ1n) is 8.79. The molecule has 2 atom stereocenters. The molecule has 0 spiro atoms. The molecule has 4 nitrogen and oxygen atoms in total. The number of benzene rings is 2. The van der Waals surface area contributed by atoms with Crippen LogP contribution in [0.2, 0.25) is 0 Å². The Labute approximate surface area is 147 Å². The number of aryl methyl sites for hydroxylation is 2. The van der Waals surface area contributed by atoms with Crippen LogP contribution in [0.1, 0.15) is 40.7 Å². The Morgan fingerprint density at radius 3 is 2.40 bits per heavy atom. The predicted molar refractivity (Wildman–Crippen MR) is 96.5 cm³/mol. The van der Waals surface area contributed by atoms with E-state index in [0.29, 0.717) is 18.4 Å². The summed E-state index contributed by atoms with van der Waals surface area (Å²) < 4.78 is 0. The fourth-order valence-corrected chi connectivity index (χ4v) is 3.48. The van der Waals surface area contributed by atoms with Gasteiger partial charge in [0.25, 0.3) is 5.91 Å². The van der Waals surface area contributed by atoms with E-state index in [9.17, 15) is 9.59 Å². The largest absolute Gasteiger partial charge is 0.481 e. The Bertz CT molecular complexity index is 742. The molecule has 2 N–H and O–H groups in total. The normalized spacial score (nSPS) is 19.5. The Morgan fingerprint density at radius 2 is 1.68 bits per heavy atom. The van der Waals surface area contributed by atoms with E-state index in [1.54, 1.807) is 0 Å². The van der Waals surface area contributed by atoms with Gasteiger partial charge in [-0.15, -0.1) is 0 Å². The second kappa shape index (κ2) is 7.97. The van der Waals surface area contributed by atoms with Crippen LogP contribution >= 0.6 is 0 Å². The summed E-state index contributed by atoms with van der Waals surface area (Å²) in [6.07, 6.45) is 3.57. The van der Waals surface area contributed by atoms with Gasteiger partial charge >= 0.3 is 5.97 Å². The topological polar surface area (TPSA) is 66.4 Å². The number of hydrogen-bond donors (Lipinski definition) is 2. The van der Waals surface area contributed by atoms with Gasteiger partial charge in [0.15, 0.2) is 0 Å². The van der Waals surface area contributed by atoms with Crippen LogP contribution in [0.3, 0.4) is 0 Å². The first-order valence-corrected chi connectivity index (χ1v) is 8.79. The van der Waals surface area contributed by atoms with Crippen LogP contribution in [-0.4, -0.2) is 23.0 Å². The lowest BCUT2D eigenvalue weighted by atomic mass is 9.99. The minimum Gasteiger partial charge on any atom is -0.481 e. The lowest BCUT2D eigenvalue weighted by Gasteiger charge is -2.15. The highest BCUT2D eigenvalue weighted by atomic mass is 16.4. The molecule has 0 aliphatic heterocycles. The van der Waals surface area contributed by atoms with Crippen molar-refractivity contribution in [2.45, 2.75) is 38.1 Å². The van der Waals surface area contributed by atoms with Crippen molar-refractivity contribution in [2.75, 3.05) is 0 Å². The summed E-state index contributed by atoms with van der Waals surface area (Å²) in [5, 5.41) is 12.1. The third kappa shape index (κ3) is 4.47. The highest BCUT2D eigenvalue weighted by molar-refractivity contribution is 5.96. The third-order valence-corrected chi connectivity index (χ3v) is 4.90. The molecule has 0 saturated heterocycles. The first kappa shape index (κ1) is 17.2. The average molecular weight is 337 g/mol. The van der Waals surface area contributed by atoms with Crippen LogP contribution in [0.25, 0.3) is 0 Å². The number of rotatable bonds is 6. The number of carbonyl (C=O) groups excluding carboxylic acids is 1. The van der Waals surface area contributed by atoms with Gasteiger partial charge in [-0.2, -0.15) is 0 Å². The summed E-state index contributed by atoms with van der Waals surface area (Å²) in [4.78, 5) is 23.7. The molecule has 2 aromatic rings. The molecule has 0 radical (unpaired) electrons. The maximum absolute atomic E-state index is 12.7. The molecule has 130 valence electrons. The van der Waals surface area contributed by atoms with Gasteiger partial charge in [-0.3, -0.25) is 9.59 Å². The maximum Gasteiger partial charge on any atom is 0.306 e. The number of carbonyl (C=O) groups is 2. The van der Waals surface area contributed by atoms with Crippen molar-refractivity contribution in [1.29, 1.82) is 0 Å².